The van der Waals surface area contributed by atoms with Crippen molar-refractivity contribution >= 4 is 11.7 Å². The molecule has 4 rings (SSSR count). The Balaban J connectivity index is 1.50. The number of nitrogens with zero attached hydrogens (tertiary/aromatic N) is 5. The quantitative estimate of drug-likeness (QED) is 0.725. The Morgan fingerprint density at radius 3 is 2.90 bits per heavy atom. The van der Waals surface area contributed by atoms with Crippen molar-refractivity contribution in [2.24, 2.45) is 5.92 Å². The maximum absolute atomic E-state index is 12.9. The minimum Gasteiger partial charge on any atom is -0.310 e. The average molecular weight is 390 g/mol. The Labute approximate surface area is 170 Å². The van der Waals surface area contributed by atoms with Gasteiger partial charge in [0.25, 0.3) is 0 Å². The highest BCUT2D eigenvalue weighted by molar-refractivity contribution is 5.91. The number of hydrogen-bond donors (Lipinski definition) is 1. The summed E-state index contributed by atoms with van der Waals surface area (Å²) in [7, 11) is 4.03. The number of hydrogen-bond acceptors (Lipinski definition) is 5. The fourth-order valence-corrected chi connectivity index (χ4v) is 3.77. The van der Waals surface area contributed by atoms with Gasteiger partial charge in [0.15, 0.2) is 5.82 Å². The first-order chi connectivity index (χ1) is 14.0. The van der Waals surface area contributed by atoms with Gasteiger partial charge in [-0.2, -0.15) is 0 Å². The molecule has 1 aliphatic heterocycles. The van der Waals surface area contributed by atoms with Gasteiger partial charge in [0.2, 0.25) is 5.91 Å². The molecule has 3 aromatic rings. The predicted molar refractivity (Wildman–Crippen MR) is 112 cm³/mol. The lowest BCUT2D eigenvalue weighted by atomic mass is 9.98. The van der Waals surface area contributed by atoms with E-state index in [2.05, 4.69) is 49.0 Å². The molecule has 0 saturated heterocycles. The van der Waals surface area contributed by atoms with Crippen LogP contribution in [-0.2, 0) is 24.3 Å². The summed E-state index contributed by atoms with van der Waals surface area (Å²) in [4.78, 5) is 19.3. The molecule has 1 aromatic carbocycles. The van der Waals surface area contributed by atoms with Gasteiger partial charge in [0.05, 0.1) is 5.92 Å². The molecule has 1 aliphatic rings. The van der Waals surface area contributed by atoms with E-state index < -0.39 is 0 Å². The zero-order chi connectivity index (χ0) is 20.4. The van der Waals surface area contributed by atoms with Gasteiger partial charge >= 0.3 is 0 Å². The fourth-order valence-electron chi connectivity index (χ4n) is 3.77. The molecule has 0 aliphatic carbocycles. The number of pyridine rings is 1. The van der Waals surface area contributed by atoms with Crippen LogP contribution in [0, 0.1) is 12.8 Å². The molecular weight excluding hydrogens is 364 g/mol. The minimum absolute atomic E-state index is 0.00551. The van der Waals surface area contributed by atoms with Gasteiger partial charge in [-0.3, -0.25) is 4.79 Å². The monoisotopic (exact) mass is 390 g/mol. The second-order valence-electron chi connectivity index (χ2n) is 7.93. The molecule has 1 atom stereocenters. The second-order valence-corrected chi connectivity index (χ2v) is 7.93. The lowest BCUT2D eigenvalue weighted by Gasteiger charge is -2.23. The fraction of sp³-hybridized carbons (Fsp3) is 0.364. The average Bonchev–Trinajstić information content (AvgIpc) is 3.11. The van der Waals surface area contributed by atoms with Crippen LogP contribution in [0.15, 0.2) is 42.6 Å². The molecule has 3 heterocycles. The number of aromatic nitrogens is 4. The van der Waals surface area contributed by atoms with E-state index in [1.54, 1.807) is 6.20 Å². The summed E-state index contributed by atoms with van der Waals surface area (Å²) in [6.07, 6.45) is 3.24. The highest BCUT2D eigenvalue weighted by Crippen LogP contribution is 2.27. The van der Waals surface area contributed by atoms with Gasteiger partial charge in [0, 0.05) is 31.3 Å². The summed E-state index contributed by atoms with van der Waals surface area (Å²) >= 11 is 0. The van der Waals surface area contributed by atoms with E-state index in [-0.39, 0.29) is 11.8 Å². The van der Waals surface area contributed by atoms with Crippen LogP contribution in [0.1, 0.15) is 23.4 Å². The van der Waals surface area contributed by atoms with Crippen molar-refractivity contribution in [2.75, 3.05) is 19.4 Å². The number of rotatable bonds is 5. The molecule has 0 fully saturated rings. The van der Waals surface area contributed by atoms with Gasteiger partial charge in [-0.25, -0.2) is 4.98 Å². The van der Waals surface area contributed by atoms with Gasteiger partial charge in [-0.05, 0) is 51.2 Å². The van der Waals surface area contributed by atoms with Crippen molar-refractivity contribution in [1.29, 1.82) is 0 Å². The van der Waals surface area contributed by atoms with Crippen LogP contribution in [0.3, 0.4) is 0 Å². The molecule has 0 bridgehead atoms. The molecule has 0 saturated carbocycles. The van der Waals surface area contributed by atoms with Crippen LogP contribution in [0.4, 0.5) is 5.82 Å². The smallest absolute Gasteiger partial charge is 0.230 e. The summed E-state index contributed by atoms with van der Waals surface area (Å²) < 4.78 is 2.08. The van der Waals surface area contributed by atoms with E-state index in [1.165, 1.54) is 5.56 Å². The Hall–Kier alpha value is -3.06. The predicted octanol–water partition coefficient (Wildman–Crippen LogP) is 2.91. The summed E-state index contributed by atoms with van der Waals surface area (Å²) in [5.74, 6) is 2.22. The number of aryl methyl sites for hydroxylation is 2. The molecule has 2 aromatic heterocycles. The molecule has 1 unspecified atom stereocenters. The van der Waals surface area contributed by atoms with E-state index in [9.17, 15) is 4.79 Å². The zero-order valence-corrected chi connectivity index (χ0v) is 17.1. The lowest BCUT2D eigenvalue weighted by molar-refractivity contribution is -0.120. The van der Waals surface area contributed by atoms with Gasteiger partial charge in [-0.15, -0.1) is 10.2 Å². The molecular formula is C22H26N6O. The van der Waals surface area contributed by atoms with Crippen molar-refractivity contribution in [3.8, 4) is 11.4 Å². The first-order valence-electron chi connectivity index (χ1n) is 9.89. The molecule has 29 heavy (non-hydrogen) atoms. The number of carbonyl (C=O) groups is 1. The number of fused-ring (bicyclic) bond motifs is 1. The molecule has 150 valence electrons. The lowest BCUT2D eigenvalue weighted by Crippen LogP contribution is -2.31. The summed E-state index contributed by atoms with van der Waals surface area (Å²) in [5.41, 5.74) is 3.32. The van der Waals surface area contributed by atoms with Crippen LogP contribution >= 0.6 is 0 Å². The van der Waals surface area contributed by atoms with E-state index >= 15 is 0 Å². The van der Waals surface area contributed by atoms with Crippen molar-refractivity contribution < 1.29 is 4.79 Å². The standard InChI is InChI=1S/C22H26N6O/c1-15-5-4-6-17(11-15)21-26-25-20-8-7-18(14-28(20)21)22(29)24-19-12-16(9-10-23-19)13-27(2)3/h4-6,9-12,18H,7-8,13-14H2,1-3H3,(H,23,24,29). The second kappa shape index (κ2) is 8.13. The maximum atomic E-state index is 12.9. The zero-order valence-electron chi connectivity index (χ0n) is 17.1. The van der Waals surface area contributed by atoms with Gasteiger partial charge in [-0.1, -0.05) is 23.8 Å². The third kappa shape index (κ3) is 4.35. The molecule has 1 N–H and O–H groups in total. The highest BCUT2D eigenvalue weighted by Gasteiger charge is 2.28. The van der Waals surface area contributed by atoms with Gasteiger partial charge < -0.3 is 14.8 Å². The van der Waals surface area contributed by atoms with E-state index in [1.807, 2.05) is 38.4 Å². The molecule has 0 spiro atoms. The molecule has 0 radical (unpaired) electrons. The minimum atomic E-state index is -0.138. The van der Waals surface area contributed by atoms with Crippen molar-refractivity contribution in [3.63, 3.8) is 0 Å². The third-order valence-corrected chi connectivity index (χ3v) is 5.17. The van der Waals surface area contributed by atoms with Crippen LogP contribution in [0.5, 0.6) is 0 Å². The Morgan fingerprint density at radius 2 is 2.10 bits per heavy atom. The number of amides is 1. The number of benzene rings is 1. The number of carbonyl (C=O) groups excluding carboxylic acids is 1. The van der Waals surface area contributed by atoms with E-state index in [0.717, 1.165) is 42.2 Å². The van der Waals surface area contributed by atoms with Crippen molar-refractivity contribution in [2.45, 2.75) is 32.9 Å². The number of nitrogens with one attached hydrogen (secondary N) is 1. The Morgan fingerprint density at radius 1 is 1.24 bits per heavy atom. The van der Waals surface area contributed by atoms with E-state index in [4.69, 9.17) is 0 Å². The normalized spacial score (nSPS) is 15.9. The Bertz CT molecular complexity index is 1030. The van der Waals surface area contributed by atoms with Crippen LogP contribution < -0.4 is 5.32 Å². The first-order valence-corrected chi connectivity index (χ1v) is 9.89. The summed E-state index contributed by atoms with van der Waals surface area (Å²) in [6.45, 7) is 3.44. The molecule has 7 heteroatoms. The summed E-state index contributed by atoms with van der Waals surface area (Å²) in [6, 6.07) is 12.1. The Kier molecular flexibility index (Phi) is 5.40. The maximum Gasteiger partial charge on any atom is 0.230 e. The van der Waals surface area contributed by atoms with Crippen molar-refractivity contribution in [1.82, 2.24) is 24.6 Å². The number of anilines is 1. The highest BCUT2D eigenvalue weighted by atomic mass is 16.2. The molecule has 7 nitrogen and oxygen atoms in total. The van der Waals surface area contributed by atoms with Crippen LogP contribution in [0.2, 0.25) is 0 Å². The first kappa shape index (κ1) is 19.3. The summed E-state index contributed by atoms with van der Waals surface area (Å²) in [5, 5.41) is 11.7. The van der Waals surface area contributed by atoms with Crippen LogP contribution in [0.25, 0.3) is 11.4 Å². The largest absolute Gasteiger partial charge is 0.310 e. The van der Waals surface area contributed by atoms with Crippen molar-refractivity contribution in [3.05, 3.63) is 59.5 Å². The van der Waals surface area contributed by atoms with E-state index in [0.29, 0.717) is 12.4 Å². The van der Waals surface area contributed by atoms with Crippen LogP contribution in [-0.4, -0.2) is 44.7 Å². The molecule has 1 amide bonds. The third-order valence-electron chi connectivity index (χ3n) is 5.17. The van der Waals surface area contributed by atoms with Gasteiger partial charge in [0.1, 0.15) is 11.6 Å². The topological polar surface area (TPSA) is 75.9 Å². The SMILES string of the molecule is Cc1cccc(-c2nnc3n2CC(C(=O)Nc2cc(CN(C)C)ccn2)CC3)c1.